The van der Waals surface area contributed by atoms with Crippen molar-refractivity contribution in [3.05, 3.63) is 18.0 Å². The highest BCUT2D eigenvalue weighted by atomic mass is 15.1. The van der Waals surface area contributed by atoms with Gasteiger partial charge in [-0.05, 0) is 24.4 Å². The molecule has 0 radical (unpaired) electrons. The van der Waals surface area contributed by atoms with Crippen LogP contribution in [-0.4, -0.2) is 29.1 Å². The van der Waals surface area contributed by atoms with Crippen molar-refractivity contribution < 1.29 is 0 Å². The number of hydrogen-bond donors (Lipinski definition) is 2. The number of nitrogens with one attached hydrogen (secondary N) is 2. The van der Waals surface area contributed by atoms with Crippen LogP contribution in [0.15, 0.2) is 12.4 Å². The van der Waals surface area contributed by atoms with Gasteiger partial charge in [-0.3, -0.25) is 0 Å². The maximum atomic E-state index is 4.31. The second-order valence-corrected chi connectivity index (χ2v) is 4.33. The van der Waals surface area contributed by atoms with Crippen molar-refractivity contribution in [2.75, 3.05) is 18.4 Å². The topological polar surface area (TPSA) is 49.8 Å². The molecule has 1 aromatic rings. The van der Waals surface area contributed by atoms with Gasteiger partial charge < -0.3 is 10.6 Å². The maximum absolute atomic E-state index is 4.31. The molecule has 0 saturated carbocycles. The largest absolute Gasteiger partial charge is 0.350 e. The molecule has 0 aliphatic carbocycles. The van der Waals surface area contributed by atoms with Crippen molar-refractivity contribution in [2.24, 2.45) is 0 Å². The highest BCUT2D eigenvalue weighted by Gasteiger charge is 2.14. The molecule has 0 spiro atoms. The predicted molar refractivity (Wildman–Crippen MR) is 61.0 cm³/mol. The summed E-state index contributed by atoms with van der Waals surface area (Å²) in [6.07, 6.45) is 4.96. The van der Waals surface area contributed by atoms with Gasteiger partial charge >= 0.3 is 0 Å². The fourth-order valence-corrected chi connectivity index (χ4v) is 1.67. The Morgan fingerprint density at radius 1 is 1.40 bits per heavy atom. The predicted octanol–water partition coefficient (Wildman–Crippen LogP) is 1.37. The molecule has 1 atom stereocenters. The molecule has 0 amide bonds. The molecular formula is C11H18N4. The van der Waals surface area contributed by atoms with Crippen LogP contribution in [0.4, 0.5) is 5.95 Å². The normalized spacial score (nSPS) is 20.9. The first-order valence-electron chi connectivity index (χ1n) is 5.55. The van der Waals surface area contributed by atoms with Crippen molar-refractivity contribution in [1.82, 2.24) is 15.3 Å². The molecule has 1 aliphatic rings. The van der Waals surface area contributed by atoms with Crippen molar-refractivity contribution in [2.45, 2.75) is 32.2 Å². The van der Waals surface area contributed by atoms with Crippen LogP contribution < -0.4 is 10.6 Å². The summed E-state index contributed by atoms with van der Waals surface area (Å²) in [7, 11) is 0. The van der Waals surface area contributed by atoms with Crippen LogP contribution in [-0.2, 0) is 0 Å². The molecule has 15 heavy (non-hydrogen) atoms. The van der Waals surface area contributed by atoms with Crippen molar-refractivity contribution in [3.63, 3.8) is 0 Å². The molecule has 0 unspecified atom stereocenters. The van der Waals surface area contributed by atoms with Gasteiger partial charge in [-0.2, -0.15) is 0 Å². The van der Waals surface area contributed by atoms with E-state index in [0.29, 0.717) is 12.0 Å². The summed E-state index contributed by atoms with van der Waals surface area (Å²) >= 11 is 0. The first kappa shape index (κ1) is 10.4. The Hall–Kier alpha value is -1.16. The van der Waals surface area contributed by atoms with Crippen LogP contribution >= 0.6 is 0 Å². The fourth-order valence-electron chi connectivity index (χ4n) is 1.67. The summed E-state index contributed by atoms with van der Waals surface area (Å²) in [6.45, 7) is 6.39. The average Bonchev–Trinajstić information content (AvgIpc) is 2.71. The number of anilines is 1. The Morgan fingerprint density at radius 2 is 2.13 bits per heavy atom. The standard InChI is InChI=1S/C11H18N4/c1-8(2)9-5-13-11(14-6-9)15-10-3-4-12-7-10/h5-6,8,10,12H,3-4,7H2,1-2H3,(H,13,14,15)/t10-/m1/s1. The average molecular weight is 206 g/mol. The molecule has 1 saturated heterocycles. The SMILES string of the molecule is CC(C)c1cnc(N[C@@H]2CCNC2)nc1. The van der Waals surface area contributed by atoms with E-state index in [0.717, 1.165) is 25.5 Å². The van der Waals surface area contributed by atoms with E-state index in [-0.39, 0.29) is 0 Å². The van der Waals surface area contributed by atoms with Crippen molar-refractivity contribution in [3.8, 4) is 0 Å². The van der Waals surface area contributed by atoms with Gasteiger partial charge in [0.05, 0.1) is 0 Å². The van der Waals surface area contributed by atoms with Crippen LogP contribution in [0.1, 0.15) is 31.7 Å². The lowest BCUT2D eigenvalue weighted by Crippen LogP contribution is -2.23. The van der Waals surface area contributed by atoms with Gasteiger partial charge in [0.2, 0.25) is 5.95 Å². The van der Waals surface area contributed by atoms with Crippen LogP contribution in [0.3, 0.4) is 0 Å². The summed E-state index contributed by atoms with van der Waals surface area (Å²) < 4.78 is 0. The minimum absolute atomic E-state index is 0.481. The van der Waals surface area contributed by atoms with E-state index in [1.165, 1.54) is 5.56 Å². The van der Waals surface area contributed by atoms with Crippen LogP contribution in [0.25, 0.3) is 0 Å². The molecule has 4 nitrogen and oxygen atoms in total. The lowest BCUT2D eigenvalue weighted by molar-refractivity contribution is 0.775. The zero-order valence-electron chi connectivity index (χ0n) is 9.33. The summed E-state index contributed by atoms with van der Waals surface area (Å²) in [6, 6.07) is 0.481. The molecule has 2 heterocycles. The van der Waals surface area contributed by atoms with Gasteiger partial charge in [0.25, 0.3) is 0 Å². The lowest BCUT2D eigenvalue weighted by Gasteiger charge is -2.11. The summed E-state index contributed by atoms with van der Waals surface area (Å²) in [4.78, 5) is 8.63. The summed E-state index contributed by atoms with van der Waals surface area (Å²) in [5, 5.41) is 6.63. The third-order valence-electron chi connectivity index (χ3n) is 2.73. The first-order chi connectivity index (χ1) is 7.25. The van der Waals surface area contributed by atoms with E-state index >= 15 is 0 Å². The number of aromatic nitrogens is 2. The minimum Gasteiger partial charge on any atom is -0.350 e. The lowest BCUT2D eigenvalue weighted by atomic mass is 10.1. The zero-order valence-corrected chi connectivity index (χ0v) is 9.33. The number of hydrogen-bond acceptors (Lipinski definition) is 4. The van der Waals surface area contributed by atoms with Gasteiger partial charge in [-0.15, -0.1) is 0 Å². The fraction of sp³-hybridized carbons (Fsp3) is 0.636. The van der Waals surface area contributed by atoms with E-state index in [2.05, 4.69) is 34.4 Å². The van der Waals surface area contributed by atoms with E-state index in [4.69, 9.17) is 0 Å². The van der Waals surface area contributed by atoms with Crippen molar-refractivity contribution >= 4 is 5.95 Å². The minimum atomic E-state index is 0.481. The Balaban J connectivity index is 1.97. The molecule has 1 aliphatic heterocycles. The van der Waals surface area contributed by atoms with Crippen LogP contribution in [0, 0.1) is 0 Å². The van der Waals surface area contributed by atoms with Gasteiger partial charge in [0.15, 0.2) is 0 Å². The van der Waals surface area contributed by atoms with Gasteiger partial charge in [0.1, 0.15) is 0 Å². The molecule has 4 heteroatoms. The third-order valence-corrected chi connectivity index (χ3v) is 2.73. The third kappa shape index (κ3) is 2.65. The van der Waals surface area contributed by atoms with Crippen LogP contribution in [0.2, 0.25) is 0 Å². The van der Waals surface area contributed by atoms with E-state index in [1.54, 1.807) is 0 Å². The van der Waals surface area contributed by atoms with E-state index in [1.807, 2.05) is 12.4 Å². The quantitative estimate of drug-likeness (QED) is 0.784. The molecule has 0 bridgehead atoms. The van der Waals surface area contributed by atoms with Gasteiger partial charge in [-0.25, -0.2) is 9.97 Å². The Bertz CT molecular complexity index is 301. The van der Waals surface area contributed by atoms with Crippen LogP contribution in [0.5, 0.6) is 0 Å². The van der Waals surface area contributed by atoms with E-state index in [9.17, 15) is 0 Å². The molecule has 2 N–H and O–H groups in total. The van der Waals surface area contributed by atoms with Gasteiger partial charge in [0, 0.05) is 25.0 Å². The summed E-state index contributed by atoms with van der Waals surface area (Å²) in [5.41, 5.74) is 1.19. The number of nitrogens with zero attached hydrogens (tertiary/aromatic N) is 2. The molecule has 82 valence electrons. The molecule has 1 fully saturated rings. The first-order valence-corrected chi connectivity index (χ1v) is 5.55. The highest BCUT2D eigenvalue weighted by Crippen LogP contribution is 2.13. The van der Waals surface area contributed by atoms with Gasteiger partial charge in [-0.1, -0.05) is 13.8 Å². The smallest absolute Gasteiger partial charge is 0.222 e. The summed E-state index contributed by atoms with van der Waals surface area (Å²) in [5.74, 6) is 1.24. The number of rotatable bonds is 3. The molecular weight excluding hydrogens is 188 g/mol. The molecule has 0 aromatic carbocycles. The molecule has 1 aromatic heterocycles. The monoisotopic (exact) mass is 206 g/mol. The zero-order chi connectivity index (χ0) is 10.7. The second kappa shape index (κ2) is 4.57. The molecule has 2 rings (SSSR count). The highest BCUT2D eigenvalue weighted by molar-refractivity contribution is 5.27. The van der Waals surface area contributed by atoms with Crippen molar-refractivity contribution in [1.29, 1.82) is 0 Å². The Labute approximate surface area is 90.5 Å². The second-order valence-electron chi connectivity index (χ2n) is 4.33. The van der Waals surface area contributed by atoms with E-state index < -0.39 is 0 Å². The Kier molecular flexibility index (Phi) is 3.16. The maximum Gasteiger partial charge on any atom is 0.222 e. The Morgan fingerprint density at radius 3 is 2.67 bits per heavy atom.